The van der Waals surface area contributed by atoms with Crippen molar-refractivity contribution in [2.75, 3.05) is 13.1 Å². The fourth-order valence-corrected chi connectivity index (χ4v) is 2.13. The minimum absolute atomic E-state index is 0.310. The van der Waals surface area contributed by atoms with Gasteiger partial charge >= 0.3 is 5.97 Å². The van der Waals surface area contributed by atoms with Gasteiger partial charge in [0.15, 0.2) is 5.09 Å². The van der Waals surface area contributed by atoms with Crippen LogP contribution in [0.15, 0.2) is 22.1 Å². The smallest absolute Gasteiger partial charge is 0.308 e. The van der Waals surface area contributed by atoms with Gasteiger partial charge in [0.25, 0.3) is 0 Å². The molecule has 3 nitrogen and oxygen atoms in total. The van der Waals surface area contributed by atoms with Crippen LogP contribution in [0, 0.1) is 0 Å². The molecule has 0 saturated carbocycles. The average Bonchev–Trinajstić information content (AvgIpc) is 2.07. The number of esters is 1. The zero-order valence-electron chi connectivity index (χ0n) is 8.55. The van der Waals surface area contributed by atoms with Crippen molar-refractivity contribution in [1.82, 2.24) is 5.32 Å². The number of carbonyl (C=O) groups is 1. The molecule has 1 N–H and O–H groups in total. The summed E-state index contributed by atoms with van der Waals surface area (Å²) in [4.78, 5) is 11.9. The number of ether oxygens (including phenoxy) is 1. The molecule has 0 aromatic carbocycles. The Kier molecular flexibility index (Phi) is 4.22. The van der Waals surface area contributed by atoms with E-state index in [-0.39, 0.29) is 5.97 Å². The molecule has 1 rings (SSSR count). The number of hydrogen-bond donors (Lipinski definition) is 1. The molecule has 1 aliphatic heterocycles. The van der Waals surface area contributed by atoms with Crippen LogP contribution in [0.25, 0.3) is 0 Å². The molecule has 0 unspecified atom stereocenters. The molecule has 1 aliphatic rings. The second-order valence-electron chi connectivity index (χ2n) is 3.20. The third kappa shape index (κ3) is 3.55. The van der Waals surface area contributed by atoms with Crippen molar-refractivity contribution in [1.29, 1.82) is 0 Å². The monoisotopic (exact) mass is 213 g/mol. The van der Waals surface area contributed by atoms with Gasteiger partial charge in [0.05, 0.1) is 0 Å². The Morgan fingerprint density at radius 3 is 2.93 bits per heavy atom. The van der Waals surface area contributed by atoms with Crippen LogP contribution in [0.2, 0.25) is 0 Å². The van der Waals surface area contributed by atoms with E-state index in [9.17, 15) is 4.79 Å². The van der Waals surface area contributed by atoms with E-state index < -0.39 is 0 Å². The number of carbonyl (C=O) groups excluding carboxylic acids is 1. The number of rotatable bonds is 3. The highest BCUT2D eigenvalue weighted by Gasteiger charge is 2.11. The molecule has 1 heterocycles. The van der Waals surface area contributed by atoms with Gasteiger partial charge < -0.3 is 10.1 Å². The maximum atomic E-state index is 10.7. The number of hydrogen-bond acceptors (Lipinski definition) is 4. The largest absolute Gasteiger partial charge is 0.420 e. The maximum Gasteiger partial charge on any atom is 0.308 e. The first-order valence-corrected chi connectivity index (χ1v) is 5.35. The molecule has 0 aliphatic carbocycles. The summed E-state index contributed by atoms with van der Waals surface area (Å²) < 4.78 is 4.88. The minimum atomic E-state index is -0.310. The Bertz CT molecular complexity index is 284. The highest BCUT2D eigenvalue weighted by atomic mass is 32.2. The molecular formula is C10H15NO2S. The second kappa shape index (κ2) is 5.22. The predicted octanol–water partition coefficient (Wildman–Crippen LogP) is 2.02. The van der Waals surface area contributed by atoms with Gasteiger partial charge in [0, 0.05) is 13.5 Å². The minimum Gasteiger partial charge on any atom is -0.420 e. The fourth-order valence-electron chi connectivity index (χ4n) is 1.25. The molecule has 0 saturated heterocycles. The lowest BCUT2D eigenvalue weighted by atomic mass is 10.2. The molecule has 0 radical (unpaired) electrons. The summed E-state index contributed by atoms with van der Waals surface area (Å²) in [6.45, 7) is 9.04. The van der Waals surface area contributed by atoms with Crippen LogP contribution in [0.3, 0.4) is 0 Å². The molecule has 14 heavy (non-hydrogen) atoms. The molecule has 0 fully saturated rings. The van der Waals surface area contributed by atoms with Gasteiger partial charge in [-0.15, -0.1) is 0 Å². The van der Waals surface area contributed by atoms with Gasteiger partial charge in [0.2, 0.25) is 0 Å². The Morgan fingerprint density at radius 2 is 2.36 bits per heavy atom. The van der Waals surface area contributed by atoms with Crippen LogP contribution < -0.4 is 5.32 Å². The van der Waals surface area contributed by atoms with Crippen LogP contribution in [-0.2, 0) is 9.53 Å². The van der Waals surface area contributed by atoms with Gasteiger partial charge in [-0.1, -0.05) is 11.8 Å². The molecule has 0 bridgehead atoms. The summed E-state index contributed by atoms with van der Waals surface area (Å²) in [5, 5.41) is 3.74. The van der Waals surface area contributed by atoms with Gasteiger partial charge in [0.1, 0.15) is 0 Å². The van der Waals surface area contributed by atoms with Crippen LogP contribution in [-0.4, -0.2) is 19.1 Å². The summed E-state index contributed by atoms with van der Waals surface area (Å²) >= 11 is 1.46. The van der Waals surface area contributed by atoms with Gasteiger partial charge in [-0.05, 0) is 36.9 Å². The standard InChI is InChI=1S/C10H15NO2S/c1-7-6-11-5-4-10(7)14-9(3)13-8(2)12/h11H,3-6H2,1-2H3. The Balaban J connectivity index is 2.50. The zero-order chi connectivity index (χ0) is 10.6. The van der Waals surface area contributed by atoms with Gasteiger partial charge in [-0.2, -0.15) is 0 Å². The van der Waals surface area contributed by atoms with Crippen molar-refractivity contribution in [3.63, 3.8) is 0 Å². The SMILES string of the molecule is C=C(OC(C)=O)SC1=C(C)CNCC1. The predicted molar refractivity (Wildman–Crippen MR) is 58.7 cm³/mol. The number of thioether (sulfide) groups is 1. The van der Waals surface area contributed by atoms with Crippen molar-refractivity contribution >= 4 is 17.7 Å². The molecule has 0 aromatic heterocycles. The summed E-state index contributed by atoms with van der Waals surface area (Å²) in [5.41, 5.74) is 1.30. The summed E-state index contributed by atoms with van der Waals surface area (Å²) in [6, 6.07) is 0. The van der Waals surface area contributed by atoms with Gasteiger partial charge in [-0.25, -0.2) is 0 Å². The number of nitrogens with one attached hydrogen (secondary N) is 1. The van der Waals surface area contributed by atoms with E-state index >= 15 is 0 Å². The molecule has 4 heteroatoms. The van der Waals surface area contributed by atoms with Crippen molar-refractivity contribution in [3.8, 4) is 0 Å². The third-order valence-corrected chi connectivity index (χ3v) is 3.00. The van der Waals surface area contributed by atoms with Crippen molar-refractivity contribution in [2.24, 2.45) is 0 Å². The fraction of sp³-hybridized carbons (Fsp3) is 0.500. The lowest BCUT2D eigenvalue weighted by Crippen LogP contribution is -2.23. The topological polar surface area (TPSA) is 38.3 Å². The average molecular weight is 213 g/mol. The Morgan fingerprint density at radius 1 is 1.64 bits per heavy atom. The normalized spacial score (nSPS) is 16.7. The van der Waals surface area contributed by atoms with E-state index in [2.05, 4.69) is 18.8 Å². The van der Waals surface area contributed by atoms with Crippen molar-refractivity contribution in [3.05, 3.63) is 22.1 Å². The first-order chi connectivity index (χ1) is 6.59. The molecule has 0 aromatic rings. The van der Waals surface area contributed by atoms with E-state index in [1.165, 1.54) is 29.2 Å². The van der Waals surface area contributed by atoms with Crippen LogP contribution in [0.1, 0.15) is 20.3 Å². The third-order valence-electron chi connectivity index (χ3n) is 1.89. The van der Waals surface area contributed by atoms with Crippen LogP contribution in [0.4, 0.5) is 0 Å². The van der Waals surface area contributed by atoms with E-state index in [4.69, 9.17) is 4.74 Å². The van der Waals surface area contributed by atoms with E-state index in [1.54, 1.807) is 0 Å². The maximum absolute atomic E-state index is 10.7. The van der Waals surface area contributed by atoms with E-state index in [1.807, 2.05) is 0 Å². The van der Waals surface area contributed by atoms with E-state index in [0.29, 0.717) is 5.09 Å². The molecule has 78 valence electrons. The highest BCUT2D eigenvalue weighted by molar-refractivity contribution is 8.06. The molecule has 0 spiro atoms. The first-order valence-electron chi connectivity index (χ1n) is 4.54. The first kappa shape index (κ1) is 11.3. The summed E-state index contributed by atoms with van der Waals surface area (Å²) in [7, 11) is 0. The summed E-state index contributed by atoms with van der Waals surface area (Å²) in [5.74, 6) is -0.310. The Hall–Kier alpha value is -0.740. The lowest BCUT2D eigenvalue weighted by Gasteiger charge is -2.18. The second-order valence-corrected chi connectivity index (χ2v) is 4.35. The molecule has 0 amide bonds. The van der Waals surface area contributed by atoms with Crippen molar-refractivity contribution in [2.45, 2.75) is 20.3 Å². The Labute approximate surface area is 88.6 Å². The quantitative estimate of drug-likeness (QED) is 0.575. The van der Waals surface area contributed by atoms with Crippen LogP contribution >= 0.6 is 11.8 Å². The van der Waals surface area contributed by atoms with E-state index in [0.717, 1.165) is 19.5 Å². The van der Waals surface area contributed by atoms with Crippen LogP contribution in [0.5, 0.6) is 0 Å². The summed E-state index contributed by atoms with van der Waals surface area (Å²) in [6.07, 6.45) is 0.983. The lowest BCUT2D eigenvalue weighted by molar-refractivity contribution is -0.135. The molecule has 0 atom stereocenters. The highest BCUT2D eigenvalue weighted by Crippen LogP contribution is 2.31. The van der Waals surface area contributed by atoms with Gasteiger partial charge in [-0.3, -0.25) is 4.79 Å². The van der Waals surface area contributed by atoms with Crippen molar-refractivity contribution < 1.29 is 9.53 Å². The molecular weight excluding hydrogens is 198 g/mol. The zero-order valence-corrected chi connectivity index (χ0v) is 9.37.